The molecule has 0 aromatic heterocycles. The summed E-state index contributed by atoms with van der Waals surface area (Å²) < 4.78 is 5.01. The standard InChI is InChI=1S/C16H15NO4/c1-21-13-9-7-12(8-10-13)15(18)17-14(16(19)20)11-5-3-2-4-6-11/h2-10,14H,1H3,(H,17,18)(H,19,20)/t14-/m1/s1. The van der Waals surface area contributed by atoms with Crippen molar-refractivity contribution in [2.45, 2.75) is 6.04 Å². The highest BCUT2D eigenvalue weighted by Crippen LogP contribution is 2.15. The van der Waals surface area contributed by atoms with Gasteiger partial charge in [-0.05, 0) is 29.8 Å². The van der Waals surface area contributed by atoms with Gasteiger partial charge in [-0.1, -0.05) is 30.3 Å². The Labute approximate surface area is 122 Å². The van der Waals surface area contributed by atoms with Gasteiger partial charge in [-0.25, -0.2) is 4.79 Å². The molecular weight excluding hydrogens is 270 g/mol. The molecule has 0 aliphatic heterocycles. The van der Waals surface area contributed by atoms with E-state index < -0.39 is 17.9 Å². The van der Waals surface area contributed by atoms with Crippen LogP contribution in [0.2, 0.25) is 0 Å². The van der Waals surface area contributed by atoms with Crippen LogP contribution < -0.4 is 10.1 Å². The van der Waals surface area contributed by atoms with Crippen LogP contribution in [0.25, 0.3) is 0 Å². The van der Waals surface area contributed by atoms with Crippen LogP contribution in [-0.2, 0) is 4.79 Å². The molecule has 0 unspecified atom stereocenters. The van der Waals surface area contributed by atoms with E-state index in [4.69, 9.17) is 4.74 Å². The SMILES string of the molecule is COc1ccc(C(=O)N[C@@H](C(=O)O)c2ccccc2)cc1. The second-order valence-corrected chi connectivity index (χ2v) is 4.38. The molecule has 1 amide bonds. The van der Waals surface area contributed by atoms with E-state index in [-0.39, 0.29) is 0 Å². The predicted octanol–water partition coefficient (Wildman–Crippen LogP) is 2.25. The van der Waals surface area contributed by atoms with Crippen molar-refractivity contribution >= 4 is 11.9 Å². The molecule has 1 atom stereocenters. The van der Waals surface area contributed by atoms with Crippen molar-refractivity contribution in [2.24, 2.45) is 0 Å². The van der Waals surface area contributed by atoms with Crippen molar-refractivity contribution < 1.29 is 19.4 Å². The minimum absolute atomic E-state index is 0.373. The van der Waals surface area contributed by atoms with Gasteiger partial charge in [0.15, 0.2) is 6.04 Å². The van der Waals surface area contributed by atoms with Crippen molar-refractivity contribution in [3.63, 3.8) is 0 Å². The second kappa shape index (κ2) is 6.56. The fraction of sp³-hybridized carbons (Fsp3) is 0.125. The van der Waals surface area contributed by atoms with Crippen LogP contribution in [0.4, 0.5) is 0 Å². The molecule has 108 valence electrons. The first kappa shape index (κ1) is 14.6. The fourth-order valence-corrected chi connectivity index (χ4v) is 1.89. The maximum absolute atomic E-state index is 12.1. The molecule has 0 radical (unpaired) electrons. The summed E-state index contributed by atoms with van der Waals surface area (Å²) in [4.78, 5) is 23.4. The average molecular weight is 285 g/mol. The van der Waals surface area contributed by atoms with Crippen molar-refractivity contribution in [3.8, 4) is 5.75 Å². The maximum atomic E-state index is 12.1. The van der Waals surface area contributed by atoms with Crippen LogP contribution in [0.5, 0.6) is 5.75 Å². The lowest BCUT2D eigenvalue weighted by Crippen LogP contribution is -2.33. The molecule has 0 aliphatic carbocycles. The quantitative estimate of drug-likeness (QED) is 0.883. The summed E-state index contributed by atoms with van der Waals surface area (Å²) in [6.07, 6.45) is 0. The summed E-state index contributed by atoms with van der Waals surface area (Å²) in [6.45, 7) is 0. The fourth-order valence-electron chi connectivity index (χ4n) is 1.89. The third-order valence-corrected chi connectivity index (χ3v) is 3.01. The van der Waals surface area contributed by atoms with Crippen molar-refractivity contribution in [3.05, 3.63) is 65.7 Å². The van der Waals surface area contributed by atoms with Gasteiger partial charge in [0.25, 0.3) is 5.91 Å². The van der Waals surface area contributed by atoms with E-state index in [9.17, 15) is 14.7 Å². The number of nitrogens with one attached hydrogen (secondary N) is 1. The number of benzene rings is 2. The van der Waals surface area contributed by atoms with Crippen molar-refractivity contribution in [1.29, 1.82) is 0 Å². The number of carboxylic acid groups (broad SMARTS) is 1. The molecule has 2 N–H and O–H groups in total. The van der Waals surface area contributed by atoms with Gasteiger partial charge < -0.3 is 15.2 Å². The summed E-state index contributed by atoms with van der Waals surface area (Å²) in [6, 6.07) is 13.9. The molecule has 0 aliphatic rings. The van der Waals surface area contributed by atoms with Crippen molar-refractivity contribution in [1.82, 2.24) is 5.32 Å². The van der Waals surface area contributed by atoms with Crippen LogP contribution in [0, 0.1) is 0 Å². The Morgan fingerprint density at radius 1 is 1.05 bits per heavy atom. The minimum atomic E-state index is -1.11. The van der Waals surface area contributed by atoms with E-state index in [1.807, 2.05) is 0 Å². The number of carboxylic acids is 1. The van der Waals surface area contributed by atoms with Crippen LogP contribution in [0.3, 0.4) is 0 Å². The maximum Gasteiger partial charge on any atom is 0.330 e. The Kier molecular flexibility index (Phi) is 4.56. The monoisotopic (exact) mass is 285 g/mol. The summed E-state index contributed by atoms with van der Waals surface area (Å²) in [7, 11) is 1.53. The lowest BCUT2D eigenvalue weighted by molar-refractivity contribution is -0.139. The predicted molar refractivity (Wildman–Crippen MR) is 77.3 cm³/mol. The zero-order valence-electron chi connectivity index (χ0n) is 11.4. The highest BCUT2D eigenvalue weighted by atomic mass is 16.5. The number of methoxy groups -OCH3 is 1. The number of hydrogen-bond acceptors (Lipinski definition) is 3. The van der Waals surface area contributed by atoms with Gasteiger partial charge in [-0.3, -0.25) is 4.79 Å². The first-order valence-electron chi connectivity index (χ1n) is 6.34. The molecule has 0 saturated heterocycles. The number of carbonyl (C=O) groups excluding carboxylic acids is 1. The molecule has 0 bridgehead atoms. The van der Waals surface area contributed by atoms with Gasteiger partial charge in [0.05, 0.1) is 7.11 Å². The lowest BCUT2D eigenvalue weighted by Gasteiger charge is -2.15. The van der Waals surface area contributed by atoms with Gasteiger partial charge >= 0.3 is 5.97 Å². The topological polar surface area (TPSA) is 75.6 Å². The molecule has 2 aromatic rings. The first-order chi connectivity index (χ1) is 10.1. The lowest BCUT2D eigenvalue weighted by atomic mass is 10.1. The van der Waals surface area contributed by atoms with Crippen LogP contribution >= 0.6 is 0 Å². The number of rotatable bonds is 5. The van der Waals surface area contributed by atoms with E-state index >= 15 is 0 Å². The van der Waals surface area contributed by atoms with Crippen molar-refractivity contribution in [2.75, 3.05) is 7.11 Å². The van der Waals surface area contributed by atoms with Gasteiger partial charge in [-0.15, -0.1) is 0 Å². The normalized spacial score (nSPS) is 11.5. The highest BCUT2D eigenvalue weighted by molar-refractivity contribution is 5.96. The number of aliphatic carboxylic acids is 1. The molecule has 0 saturated carbocycles. The summed E-state index contributed by atoms with van der Waals surface area (Å²) in [5.41, 5.74) is 0.893. The Balaban J connectivity index is 2.16. The van der Waals surface area contributed by atoms with Crippen LogP contribution in [0.1, 0.15) is 22.0 Å². The minimum Gasteiger partial charge on any atom is -0.497 e. The molecule has 2 aromatic carbocycles. The van der Waals surface area contributed by atoms with E-state index in [0.717, 1.165) is 0 Å². The number of ether oxygens (including phenoxy) is 1. The van der Waals surface area contributed by atoms with E-state index in [1.54, 1.807) is 54.6 Å². The molecule has 0 heterocycles. The van der Waals surface area contributed by atoms with E-state index in [2.05, 4.69) is 5.32 Å². The highest BCUT2D eigenvalue weighted by Gasteiger charge is 2.22. The number of hydrogen-bond donors (Lipinski definition) is 2. The molecule has 0 fully saturated rings. The molecular formula is C16H15NO4. The molecule has 2 rings (SSSR count). The third-order valence-electron chi connectivity index (χ3n) is 3.01. The smallest absolute Gasteiger partial charge is 0.330 e. The molecule has 0 spiro atoms. The summed E-state index contributed by atoms with van der Waals surface area (Å²) >= 11 is 0. The van der Waals surface area contributed by atoms with Gasteiger partial charge in [0, 0.05) is 5.56 Å². The van der Waals surface area contributed by atoms with Crippen LogP contribution in [-0.4, -0.2) is 24.1 Å². The summed E-state index contributed by atoms with van der Waals surface area (Å²) in [5.74, 6) is -0.929. The van der Waals surface area contributed by atoms with Gasteiger partial charge in [0.1, 0.15) is 5.75 Å². The van der Waals surface area contributed by atoms with E-state index in [1.165, 1.54) is 7.11 Å². The van der Waals surface area contributed by atoms with Gasteiger partial charge in [-0.2, -0.15) is 0 Å². The number of amides is 1. The molecule has 5 heteroatoms. The zero-order valence-corrected chi connectivity index (χ0v) is 11.4. The zero-order chi connectivity index (χ0) is 15.2. The van der Waals surface area contributed by atoms with Crippen LogP contribution in [0.15, 0.2) is 54.6 Å². The Morgan fingerprint density at radius 3 is 2.19 bits per heavy atom. The second-order valence-electron chi connectivity index (χ2n) is 4.38. The largest absolute Gasteiger partial charge is 0.497 e. The van der Waals surface area contributed by atoms with E-state index in [0.29, 0.717) is 16.9 Å². The third kappa shape index (κ3) is 3.60. The molecule has 21 heavy (non-hydrogen) atoms. The summed E-state index contributed by atoms with van der Waals surface area (Å²) in [5, 5.41) is 11.8. The Bertz CT molecular complexity index is 622. The average Bonchev–Trinajstić information content (AvgIpc) is 2.53. The first-order valence-corrected chi connectivity index (χ1v) is 6.34. The Hall–Kier alpha value is -2.82. The van der Waals surface area contributed by atoms with Gasteiger partial charge in [0.2, 0.25) is 0 Å². The molecule has 5 nitrogen and oxygen atoms in total. The Morgan fingerprint density at radius 2 is 1.67 bits per heavy atom. The number of carbonyl (C=O) groups is 2.